The summed E-state index contributed by atoms with van der Waals surface area (Å²) in [5.41, 5.74) is 2.36. The maximum absolute atomic E-state index is 12.5. The van der Waals surface area contributed by atoms with Crippen LogP contribution in [0.4, 0.5) is 11.4 Å². The van der Waals surface area contributed by atoms with Crippen molar-refractivity contribution in [3.8, 4) is 0 Å². The van der Waals surface area contributed by atoms with Gasteiger partial charge in [-0.05, 0) is 43.8 Å². The molecule has 2 aromatic carbocycles. The summed E-state index contributed by atoms with van der Waals surface area (Å²) in [6.45, 7) is 3.30. The first-order valence-electron chi connectivity index (χ1n) is 9.36. The van der Waals surface area contributed by atoms with Gasteiger partial charge < -0.3 is 9.80 Å². The van der Waals surface area contributed by atoms with E-state index in [0.29, 0.717) is 18.8 Å². The summed E-state index contributed by atoms with van der Waals surface area (Å²) in [6, 6.07) is 12.1. The molecule has 0 saturated carbocycles. The number of hydrogen-bond donors (Lipinski definition) is 1. The van der Waals surface area contributed by atoms with Crippen molar-refractivity contribution in [2.24, 2.45) is 0 Å². The quantitative estimate of drug-likeness (QED) is 0.469. The van der Waals surface area contributed by atoms with Gasteiger partial charge in [-0.15, -0.1) is 0 Å². The topological polar surface area (TPSA) is 95.8 Å². The van der Waals surface area contributed by atoms with Gasteiger partial charge in [-0.2, -0.15) is 0 Å². The number of rotatable bonds is 10. The van der Waals surface area contributed by atoms with Gasteiger partial charge in [0.15, 0.2) is 0 Å². The molecule has 0 aliphatic carbocycles. The fourth-order valence-electron chi connectivity index (χ4n) is 2.87. The van der Waals surface area contributed by atoms with E-state index in [0.717, 1.165) is 18.1 Å². The van der Waals surface area contributed by atoms with Crippen LogP contribution in [0.3, 0.4) is 0 Å². The lowest BCUT2D eigenvalue weighted by Gasteiger charge is -2.20. The first-order chi connectivity index (χ1) is 13.6. The molecule has 2 aromatic rings. The smallest absolute Gasteiger partial charge is 0.293 e. The second-order valence-corrected chi connectivity index (χ2v) is 8.90. The second-order valence-electron chi connectivity index (χ2n) is 7.13. The number of nitro benzene ring substituents is 1. The first kappa shape index (κ1) is 22.8. The minimum atomic E-state index is -3.82. The Bertz CT molecular complexity index is 943. The number of nitro groups is 1. The van der Waals surface area contributed by atoms with Crippen LogP contribution in [-0.2, 0) is 23.0 Å². The minimum absolute atomic E-state index is 0.118. The van der Waals surface area contributed by atoms with E-state index in [-0.39, 0.29) is 17.1 Å². The number of nitrogens with one attached hydrogen (secondary N) is 1. The summed E-state index contributed by atoms with van der Waals surface area (Å²) in [7, 11) is 1.59. The zero-order chi connectivity index (χ0) is 21.6. The number of benzene rings is 2. The predicted octanol–water partition coefficient (Wildman–Crippen LogP) is 2.63. The summed E-state index contributed by atoms with van der Waals surface area (Å²) < 4.78 is 27.4. The largest absolute Gasteiger partial charge is 0.365 e. The molecule has 0 aliphatic heterocycles. The highest BCUT2D eigenvalue weighted by Crippen LogP contribution is 2.31. The molecule has 0 aromatic heterocycles. The lowest BCUT2D eigenvalue weighted by Crippen LogP contribution is -2.31. The van der Waals surface area contributed by atoms with Crippen LogP contribution >= 0.6 is 0 Å². The van der Waals surface area contributed by atoms with Gasteiger partial charge in [0, 0.05) is 32.7 Å². The second kappa shape index (κ2) is 9.82. The Hall–Kier alpha value is -2.49. The van der Waals surface area contributed by atoms with Crippen LogP contribution in [0, 0.1) is 10.1 Å². The number of sulfonamides is 1. The zero-order valence-electron chi connectivity index (χ0n) is 17.3. The van der Waals surface area contributed by atoms with Gasteiger partial charge in [0.1, 0.15) is 5.69 Å². The third-order valence-electron chi connectivity index (χ3n) is 4.57. The minimum Gasteiger partial charge on any atom is -0.365 e. The molecule has 29 heavy (non-hydrogen) atoms. The van der Waals surface area contributed by atoms with E-state index < -0.39 is 14.9 Å². The highest BCUT2D eigenvalue weighted by molar-refractivity contribution is 7.89. The molecule has 0 bridgehead atoms. The van der Waals surface area contributed by atoms with Crippen molar-refractivity contribution in [3.05, 3.63) is 63.7 Å². The summed E-state index contributed by atoms with van der Waals surface area (Å²) in [6.07, 6.45) is 0.945. The summed E-state index contributed by atoms with van der Waals surface area (Å²) in [4.78, 5) is 14.5. The molecule has 0 heterocycles. The van der Waals surface area contributed by atoms with E-state index in [2.05, 4.69) is 11.6 Å². The standard InChI is InChI=1S/C20H28N4O4S/c1-5-16-6-8-17(9-7-16)15-23(4)19-11-10-18(14-20(19)24(25)26)29(27,28)21-12-13-22(2)3/h6-11,14,21H,5,12-13,15H2,1-4H3. The molecule has 0 atom stereocenters. The van der Waals surface area contributed by atoms with Crippen molar-refractivity contribution in [1.82, 2.24) is 9.62 Å². The number of hydrogen-bond acceptors (Lipinski definition) is 6. The lowest BCUT2D eigenvalue weighted by molar-refractivity contribution is -0.384. The van der Waals surface area contributed by atoms with Gasteiger partial charge in [-0.25, -0.2) is 13.1 Å². The Morgan fingerprint density at radius 2 is 1.66 bits per heavy atom. The van der Waals surface area contributed by atoms with E-state index in [1.807, 2.05) is 43.3 Å². The maximum Gasteiger partial charge on any atom is 0.293 e. The monoisotopic (exact) mass is 420 g/mol. The molecule has 2 rings (SSSR count). The van der Waals surface area contributed by atoms with Crippen molar-refractivity contribution in [3.63, 3.8) is 0 Å². The predicted molar refractivity (Wildman–Crippen MR) is 115 cm³/mol. The molecule has 0 aliphatic rings. The fraction of sp³-hybridized carbons (Fsp3) is 0.400. The molecule has 0 unspecified atom stereocenters. The molecule has 8 nitrogen and oxygen atoms in total. The molecule has 0 saturated heterocycles. The molecule has 9 heteroatoms. The van der Waals surface area contributed by atoms with Crippen LogP contribution in [0.2, 0.25) is 0 Å². The van der Waals surface area contributed by atoms with Crippen LogP contribution in [-0.4, -0.2) is 52.5 Å². The Morgan fingerprint density at radius 3 is 2.21 bits per heavy atom. The summed E-state index contributed by atoms with van der Waals surface area (Å²) >= 11 is 0. The van der Waals surface area contributed by atoms with Crippen LogP contribution < -0.4 is 9.62 Å². The SMILES string of the molecule is CCc1ccc(CN(C)c2ccc(S(=O)(=O)NCCN(C)C)cc2[N+](=O)[O-])cc1. The molecule has 0 radical (unpaired) electrons. The van der Waals surface area contributed by atoms with Crippen LogP contribution in [0.25, 0.3) is 0 Å². The molecule has 0 spiro atoms. The lowest BCUT2D eigenvalue weighted by atomic mass is 10.1. The van der Waals surface area contributed by atoms with Gasteiger partial charge in [0.25, 0.3) is 5.69 Å². The average molecular weight is 421 g/mol. The molecular weight excluding hydrogens is 392 g/mol. The van der Waals surface area contributed by atoms with Gasteiger partial charge in [0.05, 0.1) is 9.82 Å². The number of nitrogens with zero attached hydrogens (tertiary/aromatic N) is 3. The molecular formula is C20H28N4O4S. The number of anilines is 1. The average Bonchev–Trinajstić information content (AvgIpc) is 2.67. The number of aryl methyl sites for hydroxylation is 1. The Labute approximate surface area is 172 Å². The summed E-state index contributed by atoms with van der Waals surface area (Å²) in [5.74, 6) is 0. The Balaban J connectivity index is 2.25. The van der Waals surface area contributed by atoms with Crippen molar-refractivity contribution in [2.45, 2.75) is 24.8 Å². The van der Waals surface area contributed by atoms with Gasteiger partial charge in [-0.1, -0.05) is 31.2 Å². The van der Waals surface area contributed by atoms with E-state index in [4.69, 9.17) is 0 Å². The van der Waals surface area contributed by atoms with Crippen molar-refractivity contribution in [2.75, 3.05) is 39.1 Å². The normalized spacial score (nSPS) is 11.6. The van der Waals surface area contributed by atoms with Gasteiger partial charge >= 0.3 is 0 Å². The zero-order valence-corrected chi connectivity index (χ0v) is 18.1. The van der Waals surface area contributed by atoms with E-state index >= 15 is 0 Å². The van der Waals surface area contributed by atoms with Crippen molar-refractivity contribution in [1.29, 1.82) is 0 Å². The van der Waals surface area contributed by atoms with E-state index in [9.17, 15) is 18.5 Å². The van der Waals surface area contributed by atoms with Crippen molar-refractivity contribution < 1.29 is 13.3 Å². The Kier molecular flexibility index (Phi) is 7.72. The summed E-state index contributed by atoms with van der Waals surface area (Å²) in [5, 5.41) is 11.6. The van der Waals surface area contributed by atoms with Crippen molar-refractivity contribution >= 4 is 21.4 Å². The first-order valence-corrected chi connectivity index (χ1v) is 10.8. The van der Waals surface area contributed by atoms with Crippen LogP contribution in [0.1, 0.15) is 18.1 Å². The van der Waals surface area contributed by atoms with Gasteiger partial charge in [0.2, 0.25) is 10.0 Å². The Morgan fingerprint density at radius 1 is 1.03 bits per heavy atom. The molecule has 158 valence electrons. The van der Waals surface area contributed by atoms with E-state index in [1.54, 1.807) is 11.9 Å². The third-order valence-corrected chi connectivity index (χ3v) is 6.03. The maximum atomic E-state index is 12.5. The van der Waals surface area contributed by atoms with E-state index in [1.165, 1.54) is 17.7 Å². The highest BCUT2D eigenvalue weighted by Gasteiger charge is 2.23. The molecule has 1 N–H and O–H groups in total. The highest BCUT2D eigenvalue weighted by atomic mass is 32.2. The van der Waals surface area contributed by atoms with Gasteiger partial charge in [-0.3, -0.25) is 10.1 Å². The fourth-order valence-corrected chi connectivity index (χ4v) is 3.91. The number of likely N-dealkylation sites (N-methyl/N-ethyl adjacent to an activating group) is 1. The third kappa shape index (κ3) is 6.25. The molecule has 0 amide bonds. The van der Waals surface area contributed by atoms with Crippen LogP contribution in [0.5, 0.6) is 0 Å². The molecule has 0 fully saturated rings. The van der Waals surface area contributed by atoms with Crippen LogP contribution in [0.15, 0.2) is 47.4 Å².